The quantitative estimate of drug-likeness (QED) is 0.430. The van der Waals surface area contributed by atoms with E-state index in [0.717, 1.165) is 0 Å². The third-order valence-electron chi connectivity index (χ3n) is 0.491. The maximum atomic E-state index is 4.64. The molecule has 0 bridgehead atoms. The molecule has 0 atom stereocenters. The van der Waals surface area contributed by atoms with Crippen molar-refractivity contribution in [1.29, 1.82) is 0 Å². The molecule has 0 aliphatic carbocycles. The lowest BCUT2D eigenvalue weighted by molar-refractivity contribution is 0.0644. The molecule has 0 saturated carbocycles. The molecule has 1 radical (unpaired) electrons. The van der Waals surface area contributed by atoms with Gasteiger partial charge in [-0.1, -0.05) is 0 Å². The van der Waals surface area contributed by atoms with Crippen LogP contribution in [0.2, 0.25) is 0 Å². The van der Waals surface area contributed by atoms with Crippen LogP contribution in [-0.4, -0.2) is 6.61 Å². The molecule has 0 fully saturated rings. The molecule has 2 nitrogen and oxygen atoms in total. The van der Waals surface area contributed by atoms with Gasteiger partial charge in [-0.05, 0) is 6.08 Å². The first kappa shape index (κ1) is 3.68. The maximum absolute atomic E-state index is 4.64. The van der Waals surface area contributed by atoms with Gasteiger partial charge < -0.3 is 9.47 Å². The topological polar surface area (TPSA) is 18.5 Å². The monoisotopic (exact) mass is 85.0 g/mol. The lowest BCUT2D eigenvalue weighted by Gasteiger charge is -2.02. The SMILES string of the molecule is [CH]1OC=CCO1. The minimum atomic E-state index is 0.639. The van der Waals surface area contributed by atoms with E-state index in [-0.39, 0.29) is 0 Å². The predicted molar refractivity (Wildman–Crippen MR) is 20.5 cm³/mol. The Labute approximate surface area is 36.4 Å². The smallest absolute Gasteiger partial charge is 0.262 e. The van der Waals surface area contributed by atoms with Crippen molar-refractivity contribution in [3.05, 3.63) is 19.1 Å². The van der Waals surface area contributed by atoms with Gasteiger partial charge in [0.05, 0.1) is 12.9 Å². The second-order valence-corrected chi connectivity index (χ2v) is 0.937. The van der Waals surface area contributed by atoms with E-state index in [1.807, 2.05) is 0 Å². The highest BCUT2D eigenvalue weighted by Crippen LogP contribution is 1.92. The zero-order valence-corrected chi connectivity index (χ0v) is 3.26. The summed E-state index contributed by atoms with van der Waals surface area (Å²) < 4.78 is 9.18. The van der Waals surface area contributed by atoms with Crippen molar-refractivity contribution in [3.63, 3.8) is 0 Å². The average Bonchev–Trinajstić information content (AvgIpc) is 1.72. The summed E-state index contributed by atoms with van der Waals surface area (Å²) >= 11 is 0. The number of ether oxygens (including phenoxy) is 2. The van der Waals surface area contributed by atoms with Crippen LogP contribution in [0.3, 0.4) is 0 Å². The molecule has 33 valence electrons. The Morgan fingerprint density at radius 3 is 2.67 bits per heavy atom. The lowest BCUT2D eigenvalue weighted by atomic mass is 10.7. The van der Waals surface area contributed by atoms with E-state index in [1.54, 1.807) is 12.3 Å². The van der Waals surface area contributed by atoms with Gasteiger partial charge in [-0.2, -0.15) is 0 Å². The van der Waals surface area contributed by atoms with Gasteiger partial charge in [-0.3, -0.25) is 0 Å². The van der Waals surface area contributed by atoms with Gasteiger partial charge in [-0.15, -0.1) is 0 Å². The Balaban J connectivity index is 2.26. The number of hydrogen-bond acceptors (Lipinski definition) is 2. The molecule has 0 aromatic heterocycles. The molecule has 0 spiro atoms. The van der Waals surface area contributed by atoms with Crippen LogP contribution in [-0.2, 0) is 9.47 Å². The Morgan fingerprint density at radius 2 is 2.50 bits per heavy atom. The first-order chi connectivity index (χ1) is 3.00. The van der Waals surface area contributed by atoms with Crippen molar-refractivity contribution < 1.29 is 9.47 Å². The zero-order valence-electron chi connectivity index (χ0n) is 3.26. The summed E-state index contributed by atoms with van der Waals surface area (Å²) in [7, 11) is 0. The number of rotatable bonds is 0. The molecule has 0 aromatic rings. The van der Waals surface area contributed by atoms with Gasteiger partial charge >= 0.3 is 0 Å². The van der Waals surface area contributed by atoms with Crippen molar-refractivity contribution in [2.75, 3.05) is 6.61 Å². The molecule has 0 aromatic carbocycles. The Morgan fingerprint density at radius 1 is 1.50 bits per heavy atom. The Bertz CT molecular complexity index is 50.6. The third-order valence-corrected chi connectivity index (χ3v) is 0.491. The highest BCUT2D eigenvalue weighted by molar-refractivity contribution is 4.76. The van der Waals surface area contributed by atoms with E-state index in [2.05, 4.69) is 9.47 Å². The maximum Gasteiger partial charge on any atom is 0.262 e. The minimum absolute atomic E-state index is 0.639. The van der Waals surface area contributed by atoms with E-state index in [9.17, 15) is 0 Å². The highest BCUT2D eigenvalue weighted by atomic mass is 16.7. The summed E-state index contributed by atoms with van der Waals surface area (Å²) in [6.45, 7) is 1.94. The van der Waals surface area contributed by atoms with Crippen molar-refractivity contribution >= 4 is 0 Å². The molecule has 0 N–H and O–H groups in total. The second-order valence-electron chi connectivity index (χ2n) is 0.937. The van der Waals surface area contributed by atoms with Gasteiger partial charge in [0.15, 0.2) is 0 Å². The predicted octanol–water partition coefficient (Wildman–Crippen LogP) is 0.666. The van der Waals surface area contributed by atoms with Gasteiger partial charge in [0.1, 0.15) is 0 Å². The molecule has 1 aliphatic rings. The standard InChI is InChI=1S/C4H5O2/c1-2-5-4-6-3-1/h1-2,4H,3H2. The molecule has 2 heteroatoms. The molecule has 1 aliphatic heterocycles. The Hall–Kier alpha value is -0.500. The van der Waals surface area contributed by atoms with Crippen LogP contribution in [0.4, 0.5) is 0 Å². The van der Waals surface area contributed by atoms with Crippen molar-refractivity contribution in [2.45, 2.75) is 0 Å². The van der Waals surface area contributed by atoms with Crippen molar-refractivity contribution in [2.24, 2.45) is 0 Å². The summed E-state index contributed by atoms with van der Waals surface area (Å²) in [5.41, 5.74) is 0. The van der Waals surface area contributed by atoms with Crippen molar-refractivity contribution in [1.82, 2.24) is 0 Å². The average molecular weight is 85.1 g/mol. The molecule has 0 unspecified atom stereocenters. The summed E-state index contributed by atoms with van der Waals surface area (Å²) in [6.07, 6.45) is 3.38. The normalized spacial score (nSPS) is 20.0. The van der Waals surface area contributed by atoms with Gasteiger partial charge in [0, 0.05) is 0 Å². The molecule has 0 amide bonds. The van der Waals surface area contributed by atoms with E-state index in [1.165, 1.54) is 6.79 Å². The van der Waals surface area contributed by atoms with E-state index < -0.39 is 0 Å². The fourth-order valence-electron chi connectivity index (χ4n) is 0.261. The van der Waals surface area contributed by atoms with Crippen LogP contribution >= 0.6 is 0 Å². The van der Waals surface area contributed by atoms with Crippen molar-refractivity contribution in [3.8, 4) is 0 Å². The van der Waals surface area contributed by atoms with E-state index in [0.29, 0.717) is 6.61 Å². The van der Waals surface area contributed by atoms with Crippen LogP contribution in [0.25, 0.3) is 0 Å². The van der Waals surface area contributed by atoms with Crippen LogP contribution < -0.4 is 0 Å². The van der Waals surface area contributed by atoms with Crippen LogP contribution in [0.5, 0.6) is 0 Å². The molecular formula is C4H5O2. The molecular weight excluding hydrogens is 80.0 g/mol. The third kappa shape index (κ3) is 0.723. The molecule has 0 saturated heterocycles. The van der Waals surface area contributed by atoms with E-state index >= 15 is 0 Å². The molecule has 6 heavy (non-hydrogen) atoms. The summed E-state index contributed by atoms with van der Waals surface area (Å²) in [5, 5.41) is 0. The first-order valence-corrected chi connectivity index (χ1v) is 1.74. The molecule has 1 rings (SSSR count). The largest absolute Gasteiger partial charge is 0.466 e. The van der Waals surface area contributed by atoms with Gasteiger partial charge in [-0.25, -0.2) is 0 Å². The molecule has 1 heterocycles. The van der Waals surface area contributed by atoms with Gasteiger partial charge in [0.2, 0.25) is 0 Å². The van der Waals surface area contributed by atoms with E-state index in [4.69, 9.17) is 0 Å². The highest BCUT2D eigenvalue weighted by Gasteiger charge is 1.86. The summed E-state index contributed by atoms with van der Waals surface area (Å²) in [5.74, 6) is 0. The summed E-state index contributed by atoms with van der Waals surface area (Å²) in [4.78, 5) is 0. The fraction of sp³-hybridized carbons (Fsp3) is 0.250. The first-order valence-electron chi connectivity index (χ1n) is 1.74. The van der Waals surface area contributed by atoms with Crippen LogP contribution in [0.15, 0.2) is 12.3 Å². The fourth-order valence-corrected chi connectivity index (χ4v) is 0.261. The minimum Gasteiger partial charge on any atom is -0.466 e. The lowest BCUT2D eigenvalue weighted by Crippen LogP contribution is -1.93. The zero-order chi connectivity index (χ0) is 4.24. The summed E-state index contributed by atoms with van der Waals surface area (Å²) in [6, 6.07) is 0. The second kappa shape index (κ2) is 1.82. The van der Waals surface area contributed by atoms with Crippen LogP contribution in [0, 0.1) is 6.79 Å². The van der Waals surface area contributed by atoms with Gasteiger partial charge in [0.25, 0.3) is 6.79 Å². The Kier molecular flexibility index (Phi) is 1.12. The number of hydrogen-bond donors (Lipinski definition) is 0. The van der Waals surface area contributed by atoms with Crippen LogP contribution in [0.1, 0.15) is 0 Å².